The van der Waals surface area contributed by atoms with E-state index in [1.165, 1.54) is 17.3 Å². The number of hydrogen-bond acceptors (Lipinski definition) is 3. The molecule has 0 aliphatic carbocycles. The van der Waals surface area contributed by atoms with E-state index in [0.29, 0.717) is 5.75 Å². The number of H-pyrrole nitrogens is 1. The number of benzene rings is 1. The number of amides is 1. The third kappa shape index (κ3) is 4.91. The summed E-state index contributed by atoms with van der Waals surface area (Å²) in [6, 6.07) is 10.5. The van der Waals surface area contributed by atoms with Gasteiger partial charge in [-0.05, 0) is 25.8 Å². The number of aromatic amines is 1. The number of aromatic nitrogens is 2. The van der Waals surface area contributed by atoms with E-state index < -0.39 is 0 Å². The molecule has 0 saturated heterocycles. The predicted molar refractivity (Wildman–Crippen MR) is 91.2 cm³/mol. The SMILES string of the molecule is CCC(C)NC(=O)CSc1nc(Cc2ccccc2)c(C)[nH]1. The maximum absolute atomic E-state index is 11.8. The van der Waals surface area contributed by atoms with Crippen LogP contribution in [0.2, 0.25) is 0 Å². The van der Waals surface area contributed by atoms with E-state index in [0.717, 1.165) is 29.4 Å². The Kier molecular flexibility index (Phi) is 6.07. The molecule has 0 spiro atoms. The third-order valence-corrected chi connectivity index (χ3v) is 4.41. The first kappa shape index (κ1) is 16.6. The number of imidazole rings is 1. The highest BCUT2D eigenvalue weighted by Crippen LogP contribution is 2.18. The summed E-state index contributed by atoms with van der Waals surface area (Å²) in [5.74, 6) is 0.445. The first-order valence-electron chi connectivity index (χ1n) is 7.60. The Balaban J connectivity index is 1.91. The van der Waals surface area contributed by atoms with Gasteiger partial charge < -0.3 is 10.3 Å². The van der Waals surface area contributed by atoms with E-state index in [2.05, 4.69) is 34.3 Å². The molecule has 1 atom stereocenters. The van der Waals surface area contributed by atoms with Gasteiger partial charge in [0, 0.05) is 18.2 Å². The van der Waals surface area contributed by atoms with Crippen LogP contribution in [-0.2, 0) is 11.2 Å². The number of thioether (sulfide) groups is 1. The lowest BCUT2D eigenvalue weighted by Crippen LogP contribution is -2.33. The molecule has 1 heterocycles. The zero-order valence-corrected chi connectivity index (χ0v) is 14.2. The van der Waals surface area contributed by atoms with Crippen molar-refractivity contribution >= 4 is 17.7 Å². The van der Waals surface area contributed by atoms with Gasteiger partial charge in [0.1, 0.15) is 0 Å². The predicted octanol–water partition coefficient (Wildman–Crippen LogP) is 3.32. The number of nitrogens with one attached hydrogen (secondary N) is 2. The second kappa shape index (κ2) is 8.03. The standard InChI is InChI=1S/C17H23N3OS/c1-4-12(2)18-16(21)11-22-17-19-13(3)15(20-17)10-14-8-6-5-7-9-14/h5-9,12H,4,10-11H2,1-3H3,(H,18,21)(H,19,20). The molecule has 1 unspecified atom stereocenters. The van der Waals surface area contributed by atoms with Gasteiger partial charge >= 0.3 is 0 Å². The van der Waals surface area contributed by atoms with E-state index in [1.54, 1.807) is 0 Å². The smallest absolute Gasteiger partial charge is 0.230 e. The highest BCUT2D eigenvalue weighted by atomic mass is 32.2. The minimum absolute atomic E-state index is 0.0537. The molecule has 1 amide bonds. The van der Waals surface area contributed by atoms with Crippen LogP contribution in [0.1, 0.15) is 37.2 Å². The Morgan fingerprint density at radius 3 is 2.77 bits per heavy atom. The second-order valence-electron chi connectivity index (χ2n) is 5.44. The summed E-state index contributed by atoms with van der Waals surface area (Å²) in [5, 5.41) is 3.77. The summed E-state index contributed by atoms with van der Waals surface area (Å²) in [7, 11) is 0. The molecule has 5 heteroatoms. The molecule has 0 aliphatic heterocycles. The van der Waals surface area contributed by atoms with Crippen molar-refractivity contribution in [2.45, 2.75) is 44.8 Å². The van der Waals surface area contributed by atoms with Crippen LogP contribution in [0.15, 0.2) is 35.5 Å². The normalized spacial score (nSPS) is 12.1. The Morgan fingerprint density at radius 1 is 1.36 bits per heavy atom. The molecule has 0 radical (unpaired) electrons. The lowest BCUT2D eigenvalue weighted by atomic mass is 10.1. The van der Waals surface area contributed by atoms with Crippen molar-refractivity contribution in [3.8, 4) is 0 Å². The van der Waals surface area contributed by atoms with E-state index >= 15 is 0 Å². The monoisotopic (exact) mass is 317 g/mol. The van der Waals surface area contributed by atoms with Gasteiger partial charge in [0.15, 0.2) is 5.16 Å². The maximum Gasteiger partial charge on any atom is 0.230 e. The Hall–Kier alpha value is -1.75. The largest absolute Gasteiger partial charge is 0.353 e. The molecule has 1 aromatic carbocycles. The minimum atomic E-state index is 0.0537. The Morgan fingerprint density at radius 2 is 2.09 bits per heavy atom. The number of aryl methyl sites for hydroxylation is 1. The zero-order valence-electron chi connectivity index (χ0n) is 13.3. The molecule has 4 nitrogen and oxygen atoms in total. The number of carbonyl (C=O) groups excluding carboxylic acids is 1. The molecule has 0 fully saturated rings. The van der Waals surface area contributed by atoms with Gasteiger partial charge in [0.2, 0.25) is 5.91 Å². The summed E-state index contributed by atoms with van der Waals surface area (Å²) in [4.78, 5) is 19.7. The van der Waals surface area contributed by atoms with Crippen LogP contribution in [0.5, 0.6) is 0 Å². The fraction of sp³-hybridized carbons (Fsp3) is 0.412. The lowest BCUT2D eigenvalue weighted by molar-refractivity contribution is -0.119. The van der Waals surface area contributed by atoms with E-state index in [4.69, 9.17) is 0 Å². The summed E-state index contributed by atoms with van der Waals surface area (Å²) in [6.45, 7) is 6.09. The average Bonchev–Trinajstić information content (AvgIpc) is 2.86. The van der Waals surface area contributed by atoms with Gasteiger partial charge in [-0.25, -0.2) is 4.98 Å². The molecule has 2 rings (SSSR count). The molecule has 22 heavy (non-hydrogen) atoms. The topological polar surface area (TPSA) is 57.8 Å². The van der Waals surface area contributed by atoms with Crippen LogP contribution in [0.4, 0.5) is 0 Å². The molecular weight excluding hydrogens is 294 g/mol. The van der Waals surface area contributed by atoms with E-state index in [-0.39, 0.29) is 11.9 Å². The molecule has 118 valence electrons. The highest BCUT2D eigenvalue weighted by molar-refractivity contribution is 7.99. The first-order chi connectivity index (χ1) is 10.6. The first-order valence-corrected chi connectivity index (χ1v) is 8.58. The summed E-state index contributed by atoms with van der Waals surface area (Å²) in [6.07, 6.45) is 1.75. The molecule has 0 saturated carbocycles. The zero-order chi connectivity index (χ0) is 15.9. The number of nitrogens with zero attached hydrogens (tertiary/aromatic N) is 1. The van der Waals surface area contributed by atoms with Gasteiger partial charge in [0.05, 0.1) is 11.4 Å². The van der Waals surface area contributed by atoms with Crippen molar-refractivity contribution < 1.29 is 4.79 Å². The second-order valence-corrected chi connectivity index (χ2v) is 6.41. The molecule has 0 aliphatic rings. The Labute approximate surface area is 136 Å². The number of hydrogen-bond donors (Lipinski definition) is 2. The van der Waals surface area contributed by atoms with Crippen molar-refractivity contribution in [2.75, 3.05) is 5.75 Å². The molecule has 2 N–H and O–H groups in total. The molecule has 0 bridgehead atoms. The fourth-order valence-electron chi connectivity index (χ4n) is 2.05. The lowest BCUT2D eigenvalue weighted by Gasteiger charge is -2.10. The van der Waals surface area contributed by atoms with Crippen LogP contribution in [0, 0.1) is 6.92 Å². The van der Waals surface area contributed by atoms with Crippen LogP contribution < -0.4 is 5.32 Å². The fourth-order valence-corrected chi connectivity index (χ4v) is 2.80. The number of carbonyl (C=O) groups is 1. The van der Waals surface area contributed by atoms with Crippen LogP contribution in [0.25, 0.3) is 0 Å². The van der Waals surface area contributed by atoms with Crippen molar-refractivity contribution in [3.05, 3.63) is 47.3 Å². The van der Waals surface area contributed by atoms with Crippen LogP contribution >= 0.6 is 11.8 Å². The highest BCUT2D eigenvalue weighted by Gasteiger charge is 2.11. The van der Waals surface area contributed by atoms with Crippen molar-refractivity contribution in [3.63, 3.8) is 0 Å². The summed E-state index contributed by atoms with van der Waals surface area (Å²) < 4.78 is 0. The number of rotatable bonds is 7. The van der Waals surface area contributed by atoms with Gasteiger partial charge in [-0.15, -0.1) is 0 Å². The van der Waals surface area contributed by atoms with Crippen molar-refractivity contribution in [1.29, 1.82) is 0 Å². The minimum Gasteiger partial charge on any atom is -0.353 e. The molecular formula is C17H23N3OS. The third-order valence-electron chi connectivity index (χ3n) is 3.54. The van der Waals surface area contributed by atoms with Gasteiger partial charge in [0.25, 0.3) is 0 Å². The van der Waals surface area contributed by atoms with E-state index in [1.807, 2.05) is 32.0 Å². The van der Waals surface area contributed by atoms with Crippen LogP contribution in [-0.4, -0.2) is 27.7 Å². The van der Waals surface area contributed by atoms with Gasteiger partial charge in [-0.2, -0.15) is 0 Å². The maximum atomic E-state index is 11.8. The quantitative estimate of drug-likeness (QED) is 0.770. The molecule has 1 aromatic heterocycles. The van der Waals surface area contributed by atoms with E-state index in [9.17, 15) is 4.79 Å². The van der Waals surface area contributed by atoms with Gasteiger partial charge in [-0.1, -0.05) is 49.0 Å². The van der Waals surface area contributed by atoms with Crippen molar-refractivity contribution in [1.82, 2.24) is 15.3 Å². The van der Waals surface area contributed by atoms with Gasteiger partial charge in [-0.3, -0.25) is 4.79 Å². The van der Waals surface area contributed by atoms with Crippen molar-refractivity contribution in [2.24, 2.45) is 0 Å². The summed E-state index contributed by atoms with van der Waals surface area (Å²) in [5.41, 5.74) is 3.34. The average molecular weight is 317 g/mol. The Bertz CT molecular complexity index is 610. The molecule has 2 aromatic rings. The van der Waals surface area contributed by atoms with Crippen LogP contribution in [0.3, 0.4) is 0 Å². The summed E-state index contributed by atoms with van der Waals surface area (Å²) >= 11 is 1.45.